The van der Waals surface area contributed by atoms with Crippen LogP contribution in [0, 0.1) is 11.7 Å². The average molecular weight is 551 g/mol. The molecule has 0 atom stereocenters. The summed E-state index contributed by atoms with van der Waals surface area (Å²) in [6, 6.07) is 3.56. The van der Waals surface area contributed by atoms with Crippen LogP contribution in [-0.4, -0.2) is 45.0 Å². The van der Waals surface area contributed by atoms with Crippen molar-refractivity contribution in [1.82, 2.24) is 19.5 Å². The van der Waals surface area contributed by atoms with E-state index in [1.165, 1.54) is 0 Å². The number of benzene rings is 2. The van der Waals surface area contributed by atoms with Gasteiger partial charge in [0.15, 0.2) is 0 Å². The molecule has 0 radical (unpaired) electrons. The number of nitrogens with zero attached hydrogens (tertiary/aromatic N) is 3. The normalized spacial score (nSPS) is 17.2. The first-order valence-corrected chi connectivity index (χ1v) is 11.9. The lowest BCUT2D eigenvalue weighted by atomic mass is 10.2. The van der Waals surface area contributed by atoms with E-state index < -0.39 is 78.3 Å². The monoisotopic (exact) mass is 550 g/mol. The number of H-pyrrole nitrogens is 1. The third kappa shape index (κ3) is 3.25. The summed E-state index contributed by atoms with van der Waals surface area (Å²) in [5, 5.41) is 12.3. The molecule has 190 valence electrons. The number of aromatic nitrogens is 4. The molecule has 0 aliphatic heterocycles. The maximum Gasteiger partial charge on any atom is 0.362 e. The van der Waals surface area contributed by atoms with E-state index in [0.717, 1.165) is 29.1 Å². The Morgan fingerprint density at radius 1 is 1.14 bits per heavy atom. The SMILES string of the molecule is O=c1[nH]c2c(S(=O)(=O)c3cc(F)c4cnn(CCC5C(F)(F)C5(F)F)c4c3)ccc(Cl)c2c(=O)n1O. The Morgan fingerprint density at radius 3 is 2.44 bits per heavy atom. The van der Waals surface area contributed by atoms with Gasteiger partial charge in [0.1, 0.15) is 11.7 Å². The molecule has 36 heavy (non-hydrogen) atoms. The van der Waals surface area contributed by atoms with Crippen molar-refractivity contribution in [3.8, 4) is 0 Å². The Bertz CT molecular complexity index is 1800. The molecule has 2 heterocycles. The molecule has 0 unspecified atom stereocenters. The molecule has 1 saturated carbocycles. The zero-order valence-corrected chi connectivity index (χ0v) is 19.0. The minimum atomic E-state index is -4.67. The zero-order valence-electron chi connectivity index (χ0n) is 17.5. The Morgan fingerprint density at radius 2 is 1.81 bits per heavy atom. The molecule has 1 aliphatic carbocycles. The van der Waals surface area contributed by atoms with Gasteiger partial charge in [-0.15, -0.1) is 0 Å². The van der Waals surface area contributed by atoms with Crippen molar-refractivity contribution in [3.05, 3.63) is 62.1 Å². The largest absolute Gasteiger partial charge is 0.421 e. The predicted octanol–water partition coefficient (Wildman–Crippen LogP) is 3.19. The summed E-state index contributed by atoms with van der Waals surface area (Å²) < 4.78 is 95.2. The van der Waals surface area contributed by atoms with Gasteiger partial charge in [0, 0.05) is 6.54 Å². The quantitative estimate of drug-likeness (QED) is 0.290. The van der Waals surface area contributed by atoms with Gasteiger partial charge in [-0.2, -0.15) is 22.7 Å². The van der Waals surface area contributed by atoms with Gasteiger partial charge in [0.05, 0.1) is 42.8 Å². The smallest absolute Gasteiger partial charge is 0.362 e. The lowest BCUT2D eigenvalue weighted by Gasteiger charge is -2.11. The minimum Gasteiger partial charge on any atom is -0.421 e. The third-order valence-corrected chi connectivity index (χ3v) is 8.19. The number of alkyl halides is 4. The van der Waals surface area contributed by atoms with E-state index in [1.54, 1.807) is 0 Å². The number of hydrogen-bond donors (Lipinski definition) is 2. The second-order valence-electron chi connectivity index (χ2n) is 8.14. The van der Waals surface area contributed by atoms with E-state index in [0.29, 0.717) is 6.07 Å². The predicted molar refractivity (Wildman–Crippen MR) is 114 cm³/mol. The number of fused-ring (bicyclic) bond motifs is 2. The van der Waals surface area contributed by atoms with Crippen LogP contribution in [0.1, 0.15) is 6.42 Å². The van der Waals surface area contributed by atoms with E-state index in [1.807, 2.05) is 4.98 Å². The summed E-state index contributed by atoms with van der Waals surface area (Å²) in [5.41, 5.74) is -3.39. The molecule has 1 fully saturated rings. The Balaban J connectivity index is 1.63. The fourth-order valence-corrected chi connectivity index (χ4v) is 5.75. The molecule has 2 N–H and O–H groups in total. The Labute approximate surface area is 201 Å². The maximum atomic E-state index is 14.8. The molecule has 0 spiro atoms. The summed E-state index contributed by atoms with van der Waals surface area (Å²) in [5.74, 6) is -11.6. The number of sulfone groups is 1. The van der Waals surface area contributed by atoms with E-state index in [-0.39, 0.29) is 20.7 Å². The van der Waals surface area contributed by atoms with Gasteiger partial charge in [-0.05, 0) is 30.7 Å². The van der Waals surface area contributed by atoms with Gasteiger partial charge >= 0.3 is 17.5 Å². The highest BCUT2D eigenvalue weighted by molar-refractivity contribution is 7.91. The zero-order chi connectivity index (χ0) is 26.4. The highest BCUT2D eigenvalue weighted by Gasteiger charge is 2.84. The number of rotatable bonds is 5. The van der Waals surface area contributed by atoms with Crippen molar-refractivity contribution in [3.63, 3.8) is 0 Å². The molecule has 4 aromatic rings. The fourth-order valence-electron chi connectivity index (χ4n) is 4.06. The van der Waals surface area contributed by atoms with Gasteiger partial charge in [0.25, 0.3) is 5.56 Å². The van der Waals surface area contributed by atoms with Gasteiger partial charge in [-0.25, -0.2) is 17.6 Å². The van der Waals surface area contributed by atoms with Crippen molar-refractivity contribution >= 4 is 43.2 Å². The number of aromatic amines is 1. The van der Waals surface area contributed by atoms with E-state index in [4.69, 9.17) is 11.6 Å². The molecule has 9 nitrogen and oxygen atoms in total. The van der Waals surface area contributed by atoms with Gasteiger partial charge < -0.3 is 10.2 Å². The Kier molecular flexibility index (Phi) is 5.07. The van der Waals surface area contributed by atoms with Crippen molar-refractivity contribution in [2.45, 2.75) is 34.6 Å². The molecule has 1 aliphatic rings. The molecule has 0 saturated heterocycles. The van der Waals surface area contributed by atoms with Gasteiger partial charge in [-0.1, -0.05) is 16.3 Å². The number of nitrogens with one attached hydrogen (secondary N) is 1. The molecule has 2 aromatic heterocycles. The second kappa shape index (κ2) is 7.52. The fraction of sp³-hybridized carbons (Fsp3) is 0.250. The molecule has 0 amide bonds. The molecule has 5 rings (SSSR count). The lowest BCUT2D eigenvalue weighted by molar-refractivity contribution is -0.0278. The Hall–Kier alpha value is -3.46. The highest BCUT2D eigenvalue weighted by Crippen LogP contribution is 2.64. The van der Waals surface area contributed by atoms with Crippen LogP contribution in [0.25, 0.3) is 21.8 Å². The van der Waals surface area contributed by atoms with E-state index >= 15 is 0 Å². The van der Waals surface area contributed by atoms with Crippen LogP contribution in [0.3, 0.4) is 0 Å². The second-order valence-corrected chi connectivity index (χ2v) is 10.5. The van der Waals surface area contributed by atoms with E-state index in [2.05, 4.69) is 5.10 Å². The topological polar surface area (TPSA) is 127 Å². The van der Waals surface area contributed by atoms with Crippen molar-refractivity contribution < 1.29 is 35.6 Å². The van der Waals surface area contributed by atoms with Crippen LogP contribution < -0.4 is 11.2 Å². The van der Waals surface area contributed by atoms with Crippen LogP contribution >= 0.6 is 11.6 Å². The molecular formula is C20H12ClF5N4O5S. The minimum absolute atomic E-state index is 0.176. The van der Waals surface area contributed by atoms with Gasteiger partial charge in [0.2, 0.25) is 9.84 Å². The van der Waals surface area contributed by atoms with Crippen molar-refractivity contribution in [2.24, 2.45) is 5.92 Å². The molecule has 0 bridgehead atoms. The van der Waals surface area contributed by atoms with Crippen LogP contribution in [0.5, 0.6) is 0 Å². The number of halogens is 6. The van der Waals surface area contributed by atoms with Crippen LogP contribution in [0.4, 0.5) is 22.0 Å². The van der Waals surface area contributed by atoms with Crippen molar-refractivity contribution in [2.75, 3.05) is 0 Å². The maximum absolute atomic E-state index is 14.8. The van der Waals surface area contributed by atoms with Crippen LogP contribution in [0.15, 0.2) is 49.8 Å². The molecule has 2 aromatic carbocycles. The summed E-state index contributed by atoms with van der Waals surface area (Å²) in [7, 11) is -4.67. The summed E-state index contributed by atoms with van der Waals surface area (Å²) in [4.78, 5) is 24.9. The summed E-state index contributed by atoms with van der Waals surface area (Å²) in [6.07, 6.45) is 0.287. The average Bonchev–Trinajstić information content (AvgIpc) is 3.06. The first-order valence-electron chi connectivity index (χ1n) is 10.0. The van der Waals surface area contributed by atoms with Crippen molar-refractivity contribution in [1.29, 1.82) is 0 Å². The molecule has 16 heteroatoms. The standard InChI is InChI=1S/C20H12ClF5N4O5S/c21-10-1-2-13(16-15(10)17(31)30(33)18(32)28-16)36(34,35)8-5-11(22)9-7-27-29(12(9)6-8)4-3-14-19(23,24)20(14,25)26/h1-2,5-7,14,33H,3-4H2,(H,28,32). The lowest BCUT2D eigenvalue weighted by Crippen LogP contribution is -2.33. The summed E-state index contributed by atoms with van der Waals surface area (Å²) >= 11 is 5.95. The number of hydrogen-bond acceptors (Lipinski definition) is 6. The first kappa shape index (κ1) is 24.2. The first-order chi connectivity index (χ1) is 16.7. The third-order valence-electron chi connectivity index (χ3n) is 6.10. The van der Waals surface area contributed by atoms with E-state index in [9.17, 15) is 45.2 Å². The summed E-state index contributed by atoms with van der Waals surface area (Å²) in [6.45, 7) is -0.477. The number of aryl methyl sites for hydroxylation is 1. The van der Waals surface area contributed by atoms with Gasteiger partial charge in [-0.3, -0.25) is 9.48 Å². The van der Waals surface area contributed by atoms with Crippen LogP contribution in [0.2, 0.25) is 5.02 Å². The highest BCUT2D eigenvalue weighted by atomic mass is 35.5. The van der Waals surface area contributed by atoms with Crippen LogP contribution in [-0.2, 0) is 16.4 Å². The molecular weight excluding hydrogens is 539 g/mol.